The van der Waals surface area contributed by atoms with Gasteiger partial charge in [-0.05, 0) is 62.4 Å². The maximum atomic E-state index is 9.07. The first-order valence-electron chi connectivity index (χ1n) is 8.10. The van der Waals surface area contributed by atoms with E-state index in [0.29, 0.717) is 24.1 Å². The summed E-state index contributed by atoms with van der Waals surface area (Å²) in [4.78, 5) is 4.29. The van der Waals surface area contributed by atoms with Gasteiger partial charge in [-0.15, -0.1) is 0 Å². The van der Waals surface area contributed by atoms with Gasteiger partial charge in [0, 0.05) is 17.4 Å². The predicted molar refractivity (Wildman–Crippen MR) is 90.6 cm³/mol. The molecule has 4 nitrogen and oxygen atoms in total. The molecule has 1 fully saturated rings. The normalized spacial score (nSPS) is 13.4. The van der Waals surface area contributed by atoms with Gasteiger partial charge in [0.2, 0.25) is 5.88 Å². The van der Waals surface area contributed by atoms with Gasteiger partial charge in [0.05, 0.1) is 6.61 Å². The number of hydrogen-bond donors (Lipinski definition) is 1. The Morgan fingerprint density at radius 3 is 2.96 bits per heavy atom. The molecule has 23 heavy (non-hydrogen) atoms. The van der Waals surface area contributed by atoms with Crippen molar-refractivity contribution in [2.75, 3.05) is 11.9 Å². The van der Waals surface area contributed by atoms with Crippen molar-refractivity contribution in [3.63, 3.8) is 0 Å². The summed E-state index contributed by atoms with van der Waals surface area (Å²) in [7, 11) is 0. The molecule has 0 amide bonds. The first-order valence-corrected chi connectivity index (χ1v) is 8.10. The lowest BCUT2D eigenvalue weighted by Gasteiger charge is -2.09. The lowest BCUT2D eigenvalue weighted by atomic mass is 10.1. The Morgan fingerprint density at radius 1 is 1.30 bits per heavy atom. The van der Waals surface area contributed by atoms with Crippen LogP contribution in [0, 0.1) is 18.3 Å². The maximum absolute atomic E-state index is 9.07. The molecule has 1 aliphatic rings. The zero-order valence-electron chi connectivity index (χ0n) is 13.4. The van der Waals surface area contributed by atoms with Crippen LogP contribution in [0.1, 0.15) is 36.1 Å². The van der Waals surface area contributed by atoms with E-state index in [4.69, 9.17) is 10.00 Å². The van der Waals surface area contributed by atoms with E-state index >= 15 is 0 Å². The molecule has 1 aromatic carbocycles. The van der Waals surface area contributed by atoms with E-state index in [1.165, 1.54) is 24.1 Å². The molecular formula is C19H21N3O. The summed E-state index contributed by atoms with van der Waals surface area (Å²) in [6, 6.07) is 14.9. The Bertz CT molecular complexity index is 717. The molecule has 1 aliphatic carbocycles. The first-order chi connectivity index (χ1) is 11.2. The number of aromatic nitrogens is 1. The number of hydrogen-bond acceptors (Lipinski definition) is 4. The fourth-order valence-electron chi connectivity index (χ4n) is 2.45. The van der Waals surface area contributed by atoms with Crippen LogP contribution in [0.15, 0.2) is 36.4 Å². The summed E-state index contributed by atoms with van der Waals surface area (Å²) < 4.78 is 5.69. The summed E-state index contributed by atoms with van der Waals surface area (Å²) in [5.74, 6) is 0.441. The van der Waals surface area contributed by atoms with Crippen LogP contribution in [0.4, 0.5) is 5.69 Å². The smallest absolute Gasteiger partial charge is 0.231 e. The van der Waals surface area contributed by atoms with Crippen molar-refractivity contribution in [1.29, 1.82) is 5.26 Å². The van der Waals surface area contributed by atoms with E-state index in [2.05, 4.69) is 40.6 Å². The molecule has 0 atom stereocenters. The van der Waals surface area contributed by atoms with Gasteiger partial charge in [0.15, 0.2) is 0 Å². The number of nitrogens with one attached hydrogen (secondary N) is 1. The number of nitrogens with zero attached hydrogens (tertiary/aromatic N) is 2. The van der Waals surface area contributed by atoms with Gasteiger partial charge in [-0.25, -0.2) is 4.98 Å². The summed E-state index contributed by atoms with van der Waals surface area (Å²) in [6.45, 7) is 2.46. The summed E-state index contributed by atoms with van der Waals surface area (Å²) in [6.07, 6.45) is 4.41. The van der Waals surface area contributed by atoms with Crippen molar-refractivity contribution in [2.45, 2.75) is 38.6 Å². The van der Waals surface area contributed by atoms with Crippen LogP contribution in [-0.2, 0) is 6.42 Å². The predicted octanol–water partition coefficient (Wildman–Crippen LogP) is 3.85. The Kier molecular flexibility index (Phi) is 4.77. The number of ether oxygens (including phenoxy) is 1. The minimum absolute atomic E-state index is 0.441. The minimum atomic E-state index is 0.441. The van der Waals surface area contributed by atoms with Crippen molar-refractivity contribution >= 4 is 5.69 Å². The second-order valence-corrected chi connectivity index (χ2v) is 5.99. The average Bonchev–Trinajstić information content (AvgIpc) is 3.36. The Balaban J connectivity index is 1.50. The Morgan fingerprint density at radius 2 is 2.17 bits per heavy atom. The van der Waals surface area contributed by atoms with Gasteiger partial charge in [0.25, 0.3) is 0 Å². The van der Waals surface area contributed by atoms with Crippen LogP contribution in [-0.4, -0.2) is 17.6 Å². The van der Waals surface area contributed by atoms with Crippen molar-refractivity contribution in [3.8, 4) is 11.9 Å². The van der Waals surface area contributed by atoms with Crippen LogP contribution < -0.4 is 10.1 Å². The molecule has 0 unspecified atom stereocenters. The fraction of sp³-hybridized carbons (Fsp3) is 0.368. The largest absolute Gasteiger partial charge is 0.477 e. The molecule has 0 saturated heterocycles. The van der Waals surface area contributed by atoms with E-state index in [1.54, 1.807) is 6.07 Å². The minimum Gasteiger partial charge on any atom is -0.477 e. The van der Waals surface area contributed by atoms with E-state index < -0.39 is 0 Å². The third kappa shape index (κ3) is 4.46. The van der Waals surface area contributed by atoms with Crippen LogP contribution in [0.5, 0.6) is 5.88 Å². The quantitative estimate of drug-likeness (QED) is 0.789. The fourth-order valence-corrected chi connectivity index (χ4v) is 2.45. The van der Waals surface area contributed by atoms with Crippen LogP contribution in [0.25, 0.3) is 0 Å². The second-order valence-electron chi connectivity index (χ2n) is 5.99. The molecule has 4 heteroatoms. The number of pyridine rings is 1. The topological polar surface area (TPSA) is 57.9 Å². The Hall–Kier alpha value is -2.54. The molecule has 118 valence electrons. The molecule has 1 saturated carbocycles. The molecule has 0 aliphatic heterocycles. The van der Waals surface area contributed by atoms with Crippen molar-refractivity contribution in [3.05, 3.63) is 53.2 Å². The summed E-state index contributed by atoms with van der Waals surface area (Å²) in [5, 5.41) is 12.6. The van der Waals surface area contributed by atoms with Crippen molar-refractivity contribution in [1.82, 2.24) is 4.98 Å². The SMILES string of the molecule is Cc1ccc(C#N)c(OCCCc2cccc(NC3CC3)c2)n1. The van der Waals surface area contributed by atoms with Crippen molar-refractivity contribution < 1.29 is 4.74 Å². The highest BCUT2D eigenvalue weighted by Crippen LogP contribution is 2.25. The molecule has 0 bridgehead atoms. The highest BCUT2D eigenvalue weighted by atomic mass is 16.5. The lowest BCUT2D eigenvalue weighted by Crippen LogP contribution is -2.04. The monoisotopic (exact) mass is 307 g/mol. The summed E-state index contributed by atoms with van der Waals surface area (Å²) >= 11 is 0. The zero-order chi connectivity index (χ0) is 16.1. The molecule has 3 rings (SSSR count). The van der Waals surface area contributed by atoms with E-state index in [9.17, 15) is 0 Å². The van der Waals surface area contributed by atoms with Gasteiger partial charge >= 0.3 is 0 Å². The number of rotatable bonds is 7. The van der Waals surface area contributed by atoms with E-state index in [1.807, 2.05) is 13.0 Å². The highest BCUT2D eigenvalue weighted by molar-refractivity contribution is 5.47. The summed E-state index contributed by atoms with van der Waals surface area (Å²) in [5.41, 5.74) is 3.86. The maximum Gasteiger partial charge on any atom is 0.231 e. The number of benzene rings is 1. The molecular weight excluding hydrogens is 286 g/mol. The molecule has 0 spiro atoms. The van der Waals surface area contributed by atoms with Gasteiger partial charge < -0.3 is 10.1 Å². The molecule has 1 N–H and O–H groups in total. The molecule has 1 heterocycles. The average molecular weight is 307 g/mol. The van der Waals surface area contributed by atoms with Gasteiger partial charge in [-0.3, -0.25) is 0 Å². The lowest BCUT2D eigenvalue weighted by molar-refractivity contribution is 0.298. The van der Waals surface area contributed by atoms with Gasteiger partial charge in [-0.1, -0.05) is 12.1 Å². The van der Waals surface area contributed by atoms with E-state index in [0.717, 1.165) is 18.5 Å². The molecule has 0 radical (unpaired) electrons. The van der Waals surface area contributed by atoms with E-state index in [-0.39, 0.29) is 0 Å². The highest BCUT2D eigenvalue weighted by Gasteiger charge is 2.20. The molecule has 2 aromatic rings. The van der Waals surface area contributed by atoms with Crippen molar-refractivity contribution in [2.24, 2.45) is 0 Å². The van der Waals surface area contributed by atoms with Crippen LogP contribution in [0.3, 0.4) is 0 Å². The standard InChI is InChI=1S/C19H21N3O/c1-14-7-8-16(13-20)19(21-14)23-11-3-5-15-4-2-6-18(12-15)22-17-9-10-17/h2,4,6-8,12,17,22H,3,5,9-11H2,1H3. The number of anilines is 1. The first kappa shape index (κ1) is 15.4. The third-order valence-corrected chi connectivity index (χ3v) is 3.84. The van der Waals surface area contributed by atoms with Gasteiger partial charge in [0.1, 0.15) is 11.6 Å². The van der Waals surface area contributed by atoms with Crippen LogP contribution in [0.2, 0.25) is 0 Å². The third-order valence-electron chi connectivity index (χ3n) is 3.84. The second kappa shape index (κ2) is 7.15. The molecule has 1 aromatic heterocycles. The Labute approximate surface area is 137 Å². The number of nitriles is 1. The van der Waals surface area contributed by atoms with Crippen LogP contribution >= 0.6 is 0 Å². The zero-order valence-corrected chi connectivity index (χ0v) is 13.4. The number of aryl methyl sites for hydroxylation is 2. The van der Waals surface area contributed by atoms with Gasteiger partial charge in [-0.2, -0.15) is 5.26 Å².